The van der Waals surface area contributed by atoms with Crippen LogP contribution in [-0.2, 0) is 0 Å². The molecule has 4 rings (SSSR count). The molecule has 2 aromatic carbocycles. The molecule has 2 N–H and O–H groups in total. The molecule has 0 saturated heterocycles. The van der Waals surface area contributed by atoms with Gasteiger partial charge in [-0.1, -0.05) is 37.3 Å². The van der Waals surface area contributed by atoms with Gasteiger partial charge in [0.25, 0.3) is 0 Å². The van der Waals surface area contributed by atoms with Crippen molar-refractivity contribution in [2.24, 2.45) is 0 Å². The number of aromatic nitrogens is 3. The fourth-order valence-corrected chi connectivity index (χ4v) is 3.62. The number of rotatable bonds is 6. The molecule has 0 aliphatic carbocycles. The molecule has 0 radical (unpaired) electrons. The zero-order valence-corrected chi connectivity index (χ0v) is 17.1. The Kier molecular flexibility index (Phi) is 5.42. The number of fused-ring (bicyclic) bond motifs is 1. The largest absolute Gasteiger partial charge is 0.340 e. The van der Waals surface area contributed by atoms with Crippen LogP contribution >= 0.6 is 27.9 Å². The number of hydrogen-bond donors (Lipinski definition) is 2. The van der Waals surface area contributed by atoms with Crippen molar-refractivity contribution in [2.75, 3.05) is 11.9 Å². The maximum atomic E-state index is 4.76. The van der Waals surface area contributed by atoms with Gasteiger partial charge in [0.15, 0.2) is 5.65 Å². The van der Waals surface area contributed by atoms with Gasteiger partial charge in [0, 0.05) is 28.8 Å². The molecule has 0 spiro atoms. The minimum absolute atomic E-state index is 0.776. The molecule has 5 nitrogen and oxygen atoms in total. The third kappa shape index (κ3) is 4.00. The van der Waals surface area contributed by atoms with Crippen molar-refractivity contribution in [1.82, 2.24) is 19.3 Å². The molecule has 0 fully saturated rings. The molecule has 0 atom stereocenters. The SMILES string of the molecule is CCNSc1ccc(Nc2cc(-c3ccccc3)nc3c(Br)cnn23)cc1. The van der Waals surface area contributed by atoms with Gasteiger partial charge in [-0.05, 0) is 52.1 Å². The molecule has 0 amide bonds. The van der Waals surface area contributed by atoms with Gasteiger partial charge in [-0.15, -0.1) is 0 Å². The summed E-state index contributed by atoms with van der Waals surface area (Å²) in [7, 11) is 0. The smallest absolute Gasteiger partial charge is 0.172 e. The first-order valence-electron chi connectivity index (χ1n) is 8.61. The van der Waals surface area contributed by atoms with E-state index in [1.807, 2.05) is 24.3 Å². The van der Waals surface area contributed by atoms with E-state index in [0.29, 0.717) is 0 Å². The lowest BCUT2D eigenvalue weighted by molar-refractivity contribution is 0.949. The lowest BCUT2D eigenvalue weighted by Crippen LogP contribution is -2.03. The highest BCUT2D eigenvalue weighted by molar-refractivity contribution is 9.10. The van der Waals surface area contributed by atoms with Crippen LogP contribution in [0, 0.1) is 0 Å². The number of halogens is 1. The van der Waals surface area contributed by atoms with Crippen molar-refractivity contribution in [3.8, 4) is 11.3 Å². The molecular weight excluding hydrogens is 422 g/mol. The fraction of sp³-hybridized carbons (Fsp3) is 0.100. The number of hydrogen-bond acceptors (Lipinski definition) is 5. The Labute approximate surface area is 170 Å². The summed E-state index contributed by atoms with van der Waals surface area (Å²) in [6, 6.07) is 20.5. The highest BCUT2D eigenvalue weighted by atomic mass is 79.9. The predicted octanol–water partition coefficient (Wildman–Crippen LogP) is 5.52. The molecule has 2 aromatic heterocycles. The molecule has 2 heterocycles. The van der Waals surface area contributed by atoms with E-state index in [0.717, 1.165) is 39.4 Å². The van der Waals surface area contributed by atoms with Gasteiger partial charge >= 0.3 is 0 Å². The Morgan fingerprint density at radius 1 is 1.07 bits per heavy atom. The number of nitrogens with one attached hydrogen (secondary N) is 2. The molecule has 0 bridgehead atoms. The molecule has 27 heavy (non-hydrogen) atoms. The van der Waals surface area contributed by atoms with Gasteiger partial charge < -0.3 is 5.32 Å². The van der Waals surface area contributed by atoms with Crippen LogP contribution in [0.25, 0.3) is 16.9 Å². The van der Waals surface area contributed by atoms with Crippen LogP contribution in [-0.4, -0.2) is 21.1 Å². The third-order valence-corrected chi connectivity index (χ3v) is 5.46. The summed E-state index contributed by atoms with van der Waals surface area (Å²) in [5, 5.41) is 7.90. The Balaban J connectivity index is 1.70. The first-order valence-corrected chi connectivity index (χ1v) is 10.2. The topological polar surface area (TPSA) is 54.2 Å². The lowest BCUT2D eigenvalue weighted by atomic mass is 10.1. The average molecular weight is 440 g/mol. The number of nitrogens with zero attached hydrogens (tertiary/aromatic N) is 3. The van der Waals surface area contributed by atoms with Gasteiger partial charge in [-0.3, -0.25) is 4.72 Å². The Morgan fingerprint density at radius 3 is 2.59 bits per heavy atom. The van der Waals surface area contributed by atoms with Gasteiger partial charge in [0.1, 0.15) is 5.82 Å². The van der Waals surface area contributed by atoms with Crippen LogP contribution in [0.1, 0.15) is 6.92 Å². The van der Waals surface area contributed by atoms with Crippen LogP contribution in [0.2, 0.25) is 0 Å². The van der Waals surface area contributed by atoms with Crippen LogP contribution in [0.4, 0.5) is 11.5 Å². The summed E-state index contributed by atoms with van der Waals surface area (Å²) >= 11 is 5.17. The summed E-state index contributed by atoms with van der Waals surface area (Å²) in [5.41, 5.74) is 3.73. The lowest BCUT2D eigenvalue weighted by Gasteiger charge is -2.11. The van der Waals surface area contributed by atoms with Crippen molar-refractivity contribution in [1.29, 1.82) is 0 Å². The fourth-order valence-electron chi connectivity index (χ4n) is 2.69. The second-order valence-corrected chi connectivity index (χ2v) is 7.69. The molecule has 136 valence electrons. The van der Waals surface area contributed by atoms with E-state index in [1.54, 1.807) is 22.7 Å². The van der Waals surface area contributed by atoms with Crippen LogP contribution < -0.4 is 10.0 Å². The van der Waals surface area contributed by atoms with Crippen molar-refractivity contribution in [3.05, 3.63) is 71.3 Å². The standard InChI is InChI=1S/C20H18BrN5S/c1-2-23-27-16-10-8-15(9-11-16)24-19-12-18(14-6-4-3-5-7-14)25-20-17(21)13-22-26(19)20/h3-13,23-24H,2H2,1H3. The maximum Gasteiger partial charge on any atom is 0.172 e. The molecule has 0 unspecified atom stereocenters. The second kappa shape index (κ2) is 8.12. The highest BCUT2D eigenvalue weighted by Crippen LogP contribution is 2.28. The Hall–Kier alpha value is -2.35. The minimum Gasteiger partial charge on any atom is -0.340 e. The molecule has 4 aromatic rings. The summed E-state index contributed by atoms with van der Waals surface area (Å²) < 4.78 is 5.92. The summed E-state index contributed by atoms with van der Waals surface area (Å²) in [6.07, 6.45) is 1.76. The predicted molar refractivity (Wildman–Crippen MR) is 115 cm³/mol. The Bertz CT molecular complexity index is 1050. The molecule has 0 saturated carbocycles. The quantitative estimate of drug-likeness (QED) is 0.387. The van der Waals surface area contributed by atoms with Gasteiger partial charge in [0.05, 0.1) is 16.4 Å². The Morgan fingerprint density at radius 2 is 1.85 bits per heavy atom. The first-order chi connectivity index (χ1) is 13.2. The van der Waals surface area contributed by atoms with Crippen molar-refractivity contribution in [3.63, 3.8) is 0 Å². The molecule has 0 aliphatic rings. The maximum absolute atomic E-state index is 4.76. The van der Waals surface area contributed by atoms with Gasteiger partial charge in [-0.2, -0.15) is 9.61 Å². The average Bonchev–Trinajstić information content (AvgIpc) is 3.09. The van der Waals surface area contributed by atoms with E-state index in [2.05, 4.69) is 74.4 Å². The van der Waals surface area contributed by atoms with Gasteiger partial charge in [0.2, 0.25) is 0 Å². The summed E-state index contributed by atoms with van der Waals surface area (Å²) in [6.45, 7) is 3.01. The van der Waals surface area contributed by atoms with E-state index in [-0.39, 0.29) is 0 Å². The minimum atomic E-state index is 0.776. The second-order valence-electron chi connectivity index (χ2n) is 5.87. The third-order valence-electron chi connectivity index (χ3n) is 3.96. The normalized spacial score (nSPS) is 11.0. The molecule has 7 heteroatoms. The van der Waals surface area contributed by atoms with Crippen molar-refractivity contribution in [2.45, 2.75) is 11.8 Å². The van der Waals surface area contributed by atoms with E-state index in [9.17, 15) is 0 Å². The van der Waals surface area contributed by atoms with E-state index >= 15 is 0 Å². The number of benzene rings is 2. The van der Waals surface area contributed by atoms with Crippen molar-refractivity contribution < 1.29 is 0 Å². The first kappa shape index (κ1) is 18.0. The number of anilines is 2. The van der Waals surface area contributed by atoms with E-state index in [1.165, 1.54) is 4.90 Å². The van der Waals surface area contributed by atoms with E-state index < -0.39 is 0 Å². The monoisotopic (exact) mass is 439 g/mol. The van der Waals surface area contributed by atoms with Crippen LogP contribution in [0.3, 0.4) is 0 Å². The summed E-state index contributed by atoms with van der Waals surface area (Å²) in [4.78, 5) is 5.93. The zero-order valence-electron chi connectivity index (χ0n) is 14.7. The zero-order chi connectivity index (χ0) is 18.6. The highest BCUT2D eigenvalue weighted by Gasteiger charge is 2.11. The van der Waals surface area contributed by atoms with Crippen LogP contribution in [0.15, 0.2) is 76.2 Å². The molecular formula is C20H18BrN5S. The van der Waals surface area contributed by atoms with Gasteiger partial charge in [-0.25, -0.2) is 4.98 Å². The molecule has 0 aliphatic heterocycles. The summed E-state index contributed by atoms with van der Waals surface area (Å²) in [5.74, 6) is 0.858. The van der Waals surface area contributed by atoms with Crippen molar-refractivity contribution >= 4 is 45.0 Å². The van der Waals surface area contributed by atoms with Crippen LogP contribution in [0.5, 0.6) is 0 Å². The van der Waals surface area contributed by atoms with E-state index in [4.69, 9.17) is 4.98 Å².